The molecule has 0 aromatic rings. The maximum Gasteiger partial charge on any atom is 0.311 e. The summed E-state index contributed by atoms with van der Waals surface area (Å²) in [6.45, 7) is 12.2. The van der Waals surface area contributed by atoms with Crippen LogP contribution in [0.15, 0.2) is 12.7 Å². The van der Waals surface area contributed by atoms with Crippen LogP contribution in [0, 0.1) is 17.8 Å². The van der Waals surface area contributed by atoms with Gasteiger partial charge < -0.3 is 24.3 Å². The summed E-state index contributed by atoms with van der Waals surface area (Å²) in [5, 5.41) is 2.86. The van der Waals surface area contributed by atoms with Crippen LogP contribution in [0.25, 0.3) is 0 Å². The molecule has 1 heterocycles. The maximum absolute atomic E-state index is 11.9. The largest absolute Gasteiger partial charge is 0.463 e. The third-order valence-electron chi connectivity index (χ3n) is 4.66. The smallest absolute Gasteiger partial charge is 0.311 e. The van der Waals surface area contributed by atoms with Crippen molar-refractivity contribution >= 4 is 17.8 Å². The first-order chi connectivity index (χ1) is 12.7. The first-order valence-corrected chi connectivity index (χ1v) is 9.12. The Morgan fingerprint density at radius 2 is 1.85 bits per heavy atom. The van der Waals surface area contributed by atoms with Crippen LogP contribution in [-0.2, 0) is 33.3 Å². The molecule has 0 aliphatic carbocycles. The molecular weight excluding hydrogens is 354 g/mol. The second-order valence-corrected chi connectivity index (χ2v) is 6.94. The molecule has 154 valence electrons. The molecule has 1 saturated heterocycles. The summed E-state index contributed by atoms with van der Waals surface area (Å²) in [6, 6.07) is -0.387. The molecule has 0 radical (unpaired) electrons. The van der Waals surface area contributed by atoms with Gasteiger partial charge in [-0.15, -0.1) is 0 Å². The third-order valence-corrected chi connectivity index (χ3v) is 4.66. The summed E-state index contributed by atoms with van der Waals surface area (Å²) in [4.78, 5) is 34.6. The number of esters is 2. The van der Waals surface area contributed by atoms with Crippen LogP contribution in [0.3, 0.4) is 0 Å². The van der Waals surface area contributed by atoms with Crippen LogP contribution < -0.4 is 5.32 Å². The predicted molar refractivity (Wildman–Crippen MR) is 97.5 cm³/mol. The van der Waals surface area contributed by atoms with E-state index in [1.807, 2.05) is 13.8 Å². The molecule has 1 aliphatic rings. The van der Waals surface area contributed by atoms with Gasteiger partial charge in [0.1, 0.15) is 13.2 Å². The Hall–Kier alpha value is -1.93. The summed E-state index contributed by atoms with van der Waals surface area (Å²) in [7, 11) is 0. The van der Waals surface area contributed by atoms with Crippen molar-refractivity contribution in [1.82, 2.24) is 5.32 Å². The summed E-state index contributed by atoms with van der Waals surface area (Å²) in [5.74, 6) is -1.47. The zero-order valence-electron chi connectivity index (χ0n) is 16.7. The van der Waals surface area contributed by atoms with Gasteiger partial charge in [0, 0.05) is 13.8 Å². The van der Waals surface area contributed by atoms with E-state index in [2.05, 4.69) is 11.9 Å². The molecule has 2 unspecified atom stereocenters. The molecule has 8 heteroatoms. The Morgan fingerprint density at radius 1 is 1.19 bits per heavy atom. The summed E-state index contributed by atoms with van der Waals surface area (Å²) >= 11 is 0. The second kappa shape index (κ2) is 11.0. The minimum Gasteiger partial charge on any atom is -0.463 e. The first-order valence-electron chi connectivity index (χ1n) is 9.12. The van der Waals surface area contributed by atoms with Crippen LogP contribution in [0.1, 0.15) is 34.6 Å². The molecule has 0 aromatic carbocycles. The minimum atomic E-state index is -0.768. The molecule has 1 N–H and O–H groups in total. The number of amides is 1. The van der Waals surface area contributed by atoms with Gasteiger partial charge in [-0.05, 0) is 18.8 Å². The van der Waals surface area contributed by atoms with Crippen LogP contribution in [0.5, 0.6) is 0 Å². The highest BCUT2D eigenvalue weighted by Gasteiger charge is 2.43. The third kappa shape index (κ3) is 7.30. The van der Waals surface area contributed by atoms with Crippen molar-refractivity contribution in [3.8, 4) is 0 Å². The van der Waals surface area contributed by atoms with Crippen molar-refractivity contribution in [2.75, 3.05) is 19.8 Å². The highest BCUT2D eigenvalue weighted by atomic mass is 16.7. The fourth-order valence-corrected chi connectivity index (χ4v) is 2.85. The Bertz CT molecular complexity index is 534. The Balaban J connectivity index is 2.78. The normalized spacial score (nSPS) is 28.7. The van der Waals surface area contributed by atoms with E-state index in [-0.39, 0.29) is 49.7 Å². The molecule has 1 fully saturated rings. The summed E-state index contributed by atoms with van der Waals surface area (Å²) < 4.78 is 21.9. The molecule has 1 amide bonds. The zero-order valence-corrected chi connectivity index (χ0v) is 16.7. The SMILES string of the molecule is C=CCOC(=O)[C@@H](C)COC1OC(COC(C)=O)[C@@H](C)[C@H](C)[C@@H]1NC(C)=O. The number of carbonyl (C=O) groups is 3. The summed E-state index contributed by atoms with van der Waals surface area (Å²) in [5.41, 5.74) is 0. The molecular formula is C19H31NO7. The quantitative estimate of drug-likeness (QED) is 0.473. The van der Waals surface area contributed by atoms with E-state index >= 15 is 0 Å². The predicted octanol–water partition coefficient (Wildman–Crippen LogP) is 1.43. The number of rotatable bonds is 9. The molecule has 0 bridgehead atoms. The van der Waals surface area contributed by atoms with Crippen molar-refractivity contribution in [3.05, 3.63) is 12.7 Å². The average Bonchev–Trinajstić information content (AvgIpc) is 2.61. The van der Waals surface area contributed by atoms with Gasteiger partial charge >= 0.3 is 11.9 Å². The molecule has 8 nitrogen and oxygen atoms in total. The lowest BCUT2D eigenvalue weighted by molar-refractivity contribution is -0.247. The molecule has 27 heavy (non-hydrogen) atoms. The molecule has 0 spiro atoms. The van der Waals surface area contributed by atoms with Gasteiger partial charge in [-0.2, -0.15) is 0 Å². The number of hydrogen-bond acceptors (Lipinski definition) is 7. The average molecular weight is 385 g/mol. The topological polar surface area (TPSA) is 100 Å². The van der Waals surface area contributed by atoms with E-state index in [1.54, 1.807) is 6.92 Å². The van der Waals surface area contributed by atoms with Gasteiger partial charge in [-0.25, -0.2) is 0 Å². The molecule has 0 aromatic heterocycles. The lowest BCUT2D eigenvalue weighted by Gasteiger charge is -2.44. The van der Waals surface area contributed by atoms with Gasteiger partial charge in [-0.1, -0.05) is 26.5 Å². The van der Waals surface area contributed by atoms with Crippen molar-refractivity contribution in [2.24, 2.45) is 17.8 Å². The zero-order chi connectivity index (χ0) is 20.6. The Morgan fingerprint density at radius 3 is 2.41 bits per heavy atom. The second-order valence-electron chi connectivity index (χ2n) is 6.94. The van der Waals surface area contributed by atoms with E-state index in [9.17, 15) is 14.4 Å². The van der Waals surface area contributed by atoms with E-state index in [0.29, 0.717) is 0 Å². The summed E-state index contributed by atoms with van der Waals surface area (Å²) in [6.07, 6.45) is 0.350. The van der Waals surface area contributed by atoms with Crippen molar-refractivity contribution in [3.63, 3.8) is 0 Å². The van der Waals surface area contributed by atoms with E-state index in [1.165, 1.54) is 19.9 Å². The van der Waals surface area contributed by atoms with E-state index in [0.717, 1.165) is 0 Å². The van der Waals surface area contributed by atoms with E-state index in [4.69, 9.17) is 18.9 Å². The van der Waals surface area contributed by atoms with Gasteiger partial charge in [0.15, 0.2) is 6.29 Å². The lowest BCUT2D eigenvalue weighted by Crippen LogP contribution is -2.58. The van der Waals surface area contributed by atoms with E-state index < -0.39 is 24.1 Å². The fraction of sp³-hybridized carbons (Fsp3) is 0.737. The fourth-order valence-electron chi connectivity index (χ4n) is 2.85. The minimum absolute atomic E-state index is 0.0104. The number of ether oxygens (including phenoxy) is 4. The van der Waals surface area contributed by atoms with Crippen LogP contribution in [-0.4, -0.2) is 56.1 Å². The maximum atomic E-state index is 11.9. The van der Waals surface area contributed by atoms with Crippen LogP contribution >= 0.6 is 0 Å². The van der Waals surface area contributed by atoms with Crippen molar-refractivity contribution in [2.45, 2.75) is 53.1 Å². The van der Waals surface area contributed by atoms with Gasteiger partial charge in [0.05, 0.1) is 24.7 Å². The van der Waals surface area contributed by atoms with Crippen molar-refractivity contribution < 1.29 is 33.3 Å². The number of hydrogen-bond donors (Lipinski definition) is 1. The molecule has 1 aliphatic heterocycles. The Kier molecular flexibility index (Phi) is 9.45. The highest BCUT2D eigenvalue weighted by Crippen LogP contribution is 2.32. The van der Waals surface area contributed by atoms with Crippen molar-refractivity contribution in [1.29, 1.82) is 0 Å². The number of nitrogens with one attached hydrogen (secondary N) is 1. The first kappa shape index (κ1) is 23.1. The van der Waals surface area contributed by atoms with Gasteiger partial charge in [-0.3, -0.25) is 14.4 Å². The molecule has 0 saturated carbocycles. The number of carbonyl (C=O) groups excluding carboxylic acids is 3. The lowest BCUT2D eigenvalue weighted by atomic mass is 9.82. The van der Waals surface area contributed by atoms with Gasteiger partial charge in [0.2, 0.25) is 5.91 Å². The molecule has 1 rings (SSSR count). The van der Waals surface area contributed by atoms with Gasteiger partial charge in [0.25, 0.3) is 0 Å². The highest BCUT2D eigenvalue weighted by molar-refractivity contribution is 5.73. The van der Waals surface area contributed by atoms with Crippen LogP contribution in [0.2, 0.25) is 0 Å². The monoisotopic (exact) mass is 385 g/mol. The molecule has 6 atom stereocenters. The standard InChI is InChI=1S/C19H31NO7/c1-7-8-24-18(23)11(2)9-26-19-17(20-14(5)21)13(4)12(3)16(27-19)10-25-15(6)22/h7,11-13,16-17,19H,1,8-10H2,2-6H3,(H,20,21)/t11-,12-,13-,16?,17-,19?/m0/s1. The Labute approximate surface area is 160 Å². The van der Waals surface area contributed by atoms with Crippen LogP contribution in [0.4, 0.5) is 0 Å².